The van der Waals surface area contributed by atoms with Crippen molar-refractivity contribution in [1.29, 1.82) is 0 Å². The number of methoxy groups -OCH3 is 1. The average Bonchev–Trinajstić information content (AvgIpc) is 2.00. The van der Waals surface area contributed by atoms with Gasteiger partial charge in [0.2, 0.25) is 0 Å². The molecule has 0 heterocycles. The Kier molecular flexibility index (Phi) is 6.20. The largest absolute Gasteiger partial charge is 0.384 e. The molecule has 0 aromatic carbocycles. The molecule has 0 rings (SSSR count). The molecule has 12 heavy (non-hydrogen) atoms. The second kappa shape index (κ2) is 5.98. The SMILES string of the molecule is CCC(CBr)CC(C)(C)COC. The summed E-state index contributed by atoms with van der Waals surface area (Å²) in [4.78, 5) is 0. The fourth-order valence-corrected chi connectivity index (χ4v) is 2.23. The van der Waals surface area contributed by atoms with Crippen LogP contribution in [0.25, 0.3) is 0 Å². The van der Waals surface area contributed by atoms with Crippen LogP contribution in [0, 0.1) is 11.3 Å². The van der Waals surface area contributed by atoms with Crippen molar-refractivity contribution in [2.45, 2.75) is 33.6 Å². The number of ether oxygens (including phenoxy) is 1. The van der Waals surface area contributed by atoms with Crippen LogP contribution in [-0.4, -0.2) is 19.0 Å². The van der Waals surface area contributed by atoms with Gasteiger partial charge in [0.25, 0.3) is 0 Å². The van der Waals surface area contributed by atoms with E-state index < -0.39 is 0 Å². The van der Waals surface area contributed by atoms with E-state index >= 15 is 0 Å². The molecule has 0 N–H and O–H groups in total. The van der Waals surface area contributed by atoms with Crippen LogP contribution in [0.4, 0.5) is 0 Å². The Balaban J connectivity index is 3.84. The second-order valence-corrected chi connectivity index (χ2v) is 4.88. The molecular formula is C10H21BrO. The summed E-state index contributed by atoms with van der Waals surface area (Å²) in [6.07, 6.45) is 2.49. The molecule has 0 saturated heterocycles. The van der Waals surface area contributed by atoms with Gasteiger partial charge in [-0.25, -0.2) is 0 Å². The van der Waals surface area contributed by atoms with Gasteiger partial charge in [-0.1, -0.05) is 43.1 Å². The van der Waals surface area contributed by atoms with Gasteiger partial charge in [0.1, 0.15) is 0 Å². The first kappa shape index (κ1) is 12.4. The minimum Gasteiger partial charge on any atom is -0.384 e. The highest BCUT2D eigenvalue weighted by molar-refractivity contribution is 9.09. The number of hydrogen-bond acceptors (Lipinski definition) is 1. The summed E-state index contributed by atoms with van der Waals surface area (Å²) in [6, 6.07) is 0. The predicted octanol–water partition coefficient (Wildman–Crippen LogP) is 3.47. The Morgan fingerprint density at radius 2 is 2.00 bits per heavy atom. The average molecular weight is 237 g/mol. The fraction of sp³-hybridized carbons (Fsp3) is 1.00. The van der Waals surface area contributed by atoms with Gasteiger partial charge in [-0.3, -0.25) is 0 Å². The van der Waals surface area contributed by atoms with E-state index in [1.165, 1.54) is 12.8 Å². The number of halogens is 1. The van der Waals surface area contributed by atoms with Crippen LogP contribution >= 0.6 is 15.9 Å². The second-order valence-electron chi connectivity index (χ2n) is 4.23. The zero-order valence-electron chi connectivity index (χ0n) is 8.69. The lowest BCUT2D eigenvalue weighted by Crippen LogP contribution is -2.22. The van der Waals surface area contributed by atoms with E-state index in [1.54, 1.807) is 7.11 Å². The Hall–Kier alpha value is 0.440. The summed E-state index contributed by atoms with van der Waals surface area (Å²) in [6.45, 7) is 7.63. The fourth-order valence-electron chi connectivity index (χ4n) is 1.54. The molecule has 1 unspecified atom stereocenters. The summed E-state index contributed by atoms with van der Waals surface area (Å²) in [5.41, 5.74) is 0.323. The van der Waals surface area contributed by atoms with Crippen LogP contribution in [0.5, 0.6) is 0 Å². The third-order valence-electron chi connectivity index (χ3n) is 2.17. The van der Waals surface area contributed by atoms with Gasteiger partial charge in [0.15, 0.2) is 0 Å². The van der Waals surface area contributed by atoms with E-state index in [-0.39, 0.29) is 0 Å². The highest BCUT2D eigenvalue weighted by Gasteiger charge is 2.21. The van der Waals surface area contributed by atoms with Crippen LogP contribution in [0.3, 0.4) is 0 Å². The molecule has 1 atom stereocenters. The summed E-state index contributed by atoms with van der Waals surface area (Å²) >= 11 is 3.54. The first-order valence-electron chi connectivity index (χ1n) is 4.60. The van der Waals surface area contributed by atoms with Gasteiger partial charge >= 0.3 is 0 Å². The quantitative estimate of drug-likeness (QED) is 0.643. The van der Waals surface area contributed by atoms with Crippen LogP contribution in [-0.2, 0) is 4.74 Å². The van der Waals surface area contributed by atoms with Gasteiger partial charge < -0.3 is 4.74 Å². The first-order chi connectivity index (χ1) is 5.55. The zero-order chi connectivity index (χ0) is 9.61. The van der Waals surface area contributed by atoms with E-state index in [1.807, 2.05) is 0 Å². The molecule has 0 amide bonds. The van der Waals surface area contributed by atoms with Gasteiger partial charge in [-0.05, 0) is 17.8 Å². The summed E-state index contributed by atoms with van der Waals surface area (Å²) in [5, 5.41) is 1.11. The summed E-state index contributed by atoms with van der Waals surface area (Å²) in [7, 11) is 1.77. The van der Waals surface area contributed by atoms with Crippen LogP contribution in [0.15, 0.2) is 0 Å². The Morgan fingerprint density at radius 3 is 2.33 bits per heavy atom. The summed E-state index contributed by atoms with van der Waals surface area (Å²) in [5.74, 6) is 0.787. The molecule has 2 heteroatoms. The molecule has 0 saturated carbocycles. The van der Waals surface area contributed by atoms with Crippen molar-refractivity contribution in [3.05, 3.63) is 0 Å². The van der Waals surface area contributed by atoms with E-state index in [0.717, 1.165) is 17.9 Å². The molecule has 0 aromatic rings. The lowest BCUT2D eigenvalue weighted by molar-refractivity contribution is 0.0873. The Morgan fingerprint density at radius 1 is 1.42 bits per heavy atom. The summed E-state index contributed by atoms with van der Waals surface area (Å²) < 4.78 is 5.18. The van der Waals surface area contributed by atoms with Gasteiger partial charge in [0, 0.05) is 12.4 Å². The Bertz CT molecular complexity index is 108. The molecule has 1 nitrogen and oxygen atoms in total. The maximum absolute atomic E-state index is 5.18. The van der Waals surface area contributed by atoms with Crippen molar-refractivity contribution in [3.63, 3.8) is 0 Å². The first-order valence-corrected chi connectivity index (χ1v) is 5.72. The molecule has 0 aliphatic carbocycles. The monoisotopic (exact) mass is 236 g/mol. The van der Waals surface area contributed by atoms with Gasteiger partial charge in [-0.2, -0.15) is 0 Å². The van der Waals surface area contributed by atoms with E-state index in [2.05, 4.69) is 36.7 Å². The number of hydrogen-bond donors (Lipinski definition) is 0. The highest BCUT2D eigenvalue weighted by Crippen LogP contribution is 2.28. The van der Waals surface area contributed by atoms with Crippen molar-refractivity contribution in [3.8, 4) is 0 Å². The van der Waals surface area contributed by atoms with E-state index in [9.17, 15) is 0 Å². The molecule has 0 bridgehead atoms. The van der Waals surface area contributed by atoms with Crippen molar-refractivity contribution in [2.75, 3.05) is 19.0 Å². The zero-order valence-corrected chi connectivity index (χ0v) is 10.3. The smallest absolute Gasteiger partial charge is 0.0513 e. The van der Waals surface area contributed by atoms with Crippen LogP contribution < -0.4 is 0 Å². The van der Waals surface area contributed by atoms with Crippen molar-refractivity contribution < 1.29 is 4.74 Å². The topological polar surface area (TPSA) is 9.23 Å². The number of rotatable bonds is 6. The molecule has 0 aliphatic rings. The normalized spacial score (nSPS) is 14.8. The van der Waals surface area contributed by atoms with Crippen LogP contribution in [0.1, 0.15) is 33.6 Å². The van der Waals surface area contributed by atoms with Crippen molar-refractivity contribution >= 4 is 15.9 Å². The standard InChI is InChI=1S/C10H21BrO/c1-5-9(7-11)6-10(2,3)8-12-4/h9H,5-8H2,1-4H3. The lowest BCUT2D eigenvalue weighted by Gasteiger charge is -2.27. The highest BCUT2D eigenvalue weighted by atomic mass is 79.9. The minimum absolute atomic E-state index is 0.323. The molecule has 0 aliphatic heterocycles. The van der Waals surface area contributed by atoms with Crippen molar-refractivity contribution in [1.82, 2.24) is 0 Å². The molecule has 0 radical (unpaired) electrons. The minimum atomic E-state index is 0.323. The van der Waals surface area contributed by atoms with E-state index in [4.69, 9.17) is 4.74 Å². The third kappa shape index (κ3) is 5.15. The Labute approximate surface area is 85.0 Å². The van der Waals surface area contributed by atoms with E-state index in [0.29, 0.717) is 5.41 Å². The molecular weight excluding hydrogens is 216 g/mol. The lowest BCUT2D eigenvalue weighted by atomic mass is 9.83. The number of alkyl halides is 1. The molecule has 0 fully saturated rings. The van der Waals surface area contributed by atoms with Crippen LogP contribution in [0.2, 0.25) is 0 Å². The van der Waals surface area contributed by atoms with Crippen molar-refractivity contribution in [2.24, 2.45) is 11.3 Å². The van der Waals surface area contributed by atoms with Gasteiger partial charge in [0.05, 0.1) is 6.61 Å². The molecule has 0 aromatic heterocycles. The third-order valence-corrected chi connectivity index (χ3v) is 3.09. The molecule has 74 valence electrons. The maximum atomic E-state index is 5.18. The molecule has 0 spiro atoms. The predicted molar refractivity (Wildman–Crippen MR) is 57.8 cm³/mol. The van der Waals surface area contributed by atoms with Gasteiger partial charge in [-0.15, -0.1) is 0 Å². The maximum Gasteiger partial charge on any atom is 0.0513 e.